The van der Waals surface area contributed by atoms with E-state index in [1.165, 1.54) is 20.2 Å². The van der Waals surface area contributed by atoms with Crippen molar-refractivity contribution in [2.24, 2.45) is 0 Å². The van der Waals surface area contributed by atoms with Crippen LogP contribution in [0.4, 0.5) is 21.6 Å². The zero-order chi connectivity index (χ0) is 27.0. The van der Waals surface area contributed by atoms with Crippen LogP contribution in [-0.4, -0.2) is 75.9 Å². The van der Waals surface area contributed by atoms with Gasteiger partial charge in [0.25, 0.3) is 0 Å². The van der Waals surface area contributed by atoms with E-state index in [0.717, 1.165) is 40.2 Å². The molecule has 0 unspecified atom stereocenters. The highest BCUT2D eigenvalue weighted by Crippen LogP contribution is 2.55. The topological polar surface area (TPSA) is 111 Å². The summed E-state index contributed by atoms with van der Waals surface area (Å²) in [6, 6.07) is 5.00. The van der Waals surface area contributed by atoms with Crippen LogP contribution >= 0.6 is 0 Å². The van der Waals surface area contributed by atoms with E-state index in [-0.39, 0.29) is 23.2 Å². The van der Waals surface area contributed by atoms with Crippen molar-refractivity contribution in [1.29, 1.82) is 0 Å². The number of benzene rings is 1. The quantitative estimate of drug-likeness (QED) is 0.495. The molecule has 3 aliphatic rings. The van der Waals surface area contributed by atoms with Gasteiger partial charge < -0.3 is 15.1 Å². The molecule has 12 heteroatoms. The molecule has 6 rings (SSSR count). The molecular weight excluding hydrogens is 509 g/mol. The van der Waals surface area contributed by atoms with Gasteiger partial charge in [0.15, 0.2) is 5.82 Å². The van der Waals surface area contributed by atoms with Crippen molar-refractivity contribution >= 4 is 44.2 Å². The Morgan fingerprint density at radius 1 is 1.13 bits per heavy atom. The van der Waals surface area contributed by atoms with Crippen LogP contribution in [-0.2, 0) is 20.4 Å². The van der Waals surface area contributed by atoms with Crippen LogP contribution in [0, 0.1) is 5.82 Å². The summed E-state index contributed by atoms with van der Waals surface area (Å²) in [5, 5.41) is 3.92. The van der Waals surface area contributed by atoms with Gasteiger partial charge in [-0.2, -0.15) is 12.7 Å². The molecule has 0 bridgehead atoms. The fourth-order valence-electron chi connectivity index (χ4n) is 5.71. The van der Waals surface area contributed by atoms with Crippen molar-refractivity contribution in [1.82, 2.24) is 19.6 Å². The fourth-order valence-corrected chi connectivity index (χ4v) is 6.32. The molecule has 1 aliphatic carbocycles. The molecule has 2 aliphatic heterocycles. The number of hydrogen-bond donors (Lipinski definition) is 2. The number of rotatable bonds is 6. The second kappa shape index (κ2) is 8.58. The molecule has 200 valence electrons. The monoisotopic (exact) mass is 539 g/mol. The van der Waals surface area contributed by atoms with Crippen molar-refractivity contribution in [3.05, 3.63) is 42.0 Å². The van der Waals surface area contributed by atoms with E-state index < -0.39 is 21.4 Å². The summed E-state index contributed by atoms with van der Waals surface area (Å²) in [4.78, 5) is 25.8. The van der Waals surface area contributed by atoms with E-state index in [0.29, 0.717) is 30.0 Å². The summed E-state index contributed by atoms with van der Waals surface area (Å²) >= 11 is 0. The first kappa shape index (κ1) is 25.0. The van der Waals surface area contributed by atoms with E-state index in [1.54, 1.807) is 36.5 Å². The van der Waals surface area contributed by atoms with Crippen LogP contribution in [0.15, 0.2) is 30.6 Å². The van der Waals surface area contributed by atoms with Gasteiger partial charge in [0.2, 0.25) is 5.91 Å². The molecule has 1 aromatic carbocycles. The highest BCUT2D eigenvalue weighted by molar-refractivity contribution is 7.90. The first-order chi connectivity index (χ1) is 18.1. The smallest absolute Gasteiger partial charge is 0.301 e. The Kier molecular flexibility index (Phi) is 5.64. The number of amides is 1. The van der Waals surface area contributed by atoms with E-state index in [2.05, 4.69) is 20.0 Å². The minimum atomic E-state index is -3.83. The summed E-state index contributed by atoms with van der Waals surface area (Å²) in [6.45, 7) is 1.34. The maximum atomic E-state index is 15.5. The van der Waals surface area contributed by atoms with E-state index in [9.17, 15) is 13.2 Å². The molecule has 38 heavy (non-hydrogen) atoms. The molecule has 1 spiro atoms. The van der Waals surface area contributed by atoms with Crippen molar-refractivity contribution in [2.75, 3.05) is 55.8 Å². The van der Waals surface area contributed by atoms with Crippen LogP contribution in [0.3, 0.4) is 0 Å². The third kappa shape index (κ3) is 3.57. The molecule has 3 aromatic rings. The highest BCUT2D eigenvalue weighted by Gasteiger charge is 2.54. The first-order valence-corrected chi connectivity index (χ1v) is 14.0. The van der Waals surface area contributed by atoms with Gasteiger partial charge in [0.05, 0.1) is 28.5 Å². The number of aromatic nitrogens is 2. The molecule has 1 saturated carbocycles. The van der Waals surface area contributed by atoms with Crippen LogP contribution in [0.2, 0.25) is 0 Å². The highest BCUT2D eigenvalue weighted by atomic mass is 32.2. The van der Waals surface area contributed by atoms with Crippen molar-refractivity contribution in [3.63, 3.8) is 0 Å². The summed E-state index contributed by atoms with van der Waals surface area (Å²) in [5.41, 5.74) is 2.52. The number of pyridine rings is 2. The van der Waals surface area contributed by atoms with Crippen molar-refractivity contribution in [2.45, 2.75) is 30.7 Å². The molecule has 1 amide bonds. The lowest BCUT2D eigenvalue weighted by Crippen LogP contribution is -2.57. The lowest BCUT2D eigenvalue weighted by molar-refractivity contribution is -0.125. The van der Waals surface area contributed by atoms with Gasteiger partial charge in [-0.25, -0.2) is 9.37 Å². The Labute approximate surface area is 221 Å². The van der Waals surface area contributed by atoms with Crippen LogP contribution in [0.5, 0.6) is 0 Å². The van der Waals surface area contributed by atoms with Gasteiger partial charge in [-0.1, -0.05) is 6.42 Å². The first-order valence-electron chi connectivity index (χ1n) is 12.6. The summed E-state index contributed by atoms with van der Waals surface area (Å²) < 4.78 is 44.7. The zero-order valence-electron chi connectivity index (χ0n) is 21.7. The number of carbonyl (C=O) groups is 1. The molecule has 1 saturated heterocycles. The number of hydrogen-bond acceptors (Lipinski definition) is 7. The second-order valence-corrected chi connectivity index (χ2v) is 12.4. The average molecular weight is 540 g/mol. The Balaban J connectivity index is 1.49. The maximum Gasteiger partial charge on any atom is 0.301 e. The number of likely N-dealkylation sites (N-methyl/N-ethyl adjacent to an activating group) is 2. The maximum absolute atomic E-state index is 15.5. The van der Waals surface area contributed by atoms with Gasteiger partial charge >= 0.3 is 10.2 Å². The van der Waals surface area contributed by atoms with E-state index in [4.69, 9.17) is 0 Å². The summed E-state index contributed by atoms with van der Waals surface area (Å²) in [7, 11) is 2.67. The molecular formula is C26H30FN7O3S. The van der Waals surface area contributed by atoms with Gasteiger partial charge in [0, 0.05) is 74.6 Å². The number of nitrogens with one attached hydrogen (secondary N) is 2. The SMILES string of the molecule is CNC1CN(c2ncc(-c3cc4c5c(cnc4cc3F)N(C)C(=O)C53CCC3)cc2NS(=O)(=O)N(C)C)C1. The largest absolute Gasteiger partial charge is 0.352 e. The third-order valence-corrected chi connectivity index (χ3v) is 9.62. The van der Waals surface area contributed by atoms with E-state index >= 15 is 4.39 Å². The Bertz CT molecular complexity index is 1580. The predicted octanol–water partition coefficient (Wildman–Crippen LogP) is 2.46. The number of nitrogens with zero attached hydrogens (tertiary/aromatic N) is 5. The summed E-state index contributed by atoms with van der Waals surface area (Å²) in [5.74, 6) is 0.0373. The van der Waals surface area contributed by atoms with Crippen LogP contribution in [0.1, 0.15) is 24.8 Å². The van der Waals surface area contributed by atoms with Gasteiger partial charge in [-0.15, -0.1) is 0 Å². The van der Waals surface area contributed by atoms with Crippen LogP contribution < -0.4 is 19.8 Å². The lowest BCUT2D eigenvalue weighted by Gasteiger charge is -2.40. The molecule has 0 atom stereocenters. The fraction of sp³-hybridized carbons (Fsp3) is 0.423. The van der Waals surface area contributed by atoms with Crippen molar-refractivity contribution in [3.8, 4) is 11.1 Å². The Hall–Kier alpha value is -3.35. The number of anilines is 3. The number of fused-ring (bicyclic) bond motifs is 4. The predicted molar refractivity (Wildman–Crippen MR) is 145 cm³/mol. The molecule has 2 fully saturated rings. The minimum Gasteiger partial charge on any atom is -0.352 e. The Morgan fingerprint density at radius 2 is 1.87 bits per heavy atom. The number of carbonyl (C=O) groups excluding carboxylic acids is 1. The van der Waals surface area contributed by atoms with Gasteiger partial charge in [0.1, 0.15) is 5.82 Å². The van der Waals surface area contributed by atoms with Crippen molar-refractivity contribution < 1.29 is 17.6 Å². The Morgan fingerprint density at radius 3 is 2.50 bits per heavy atom. The van der Waals surface area contributed by atoms with Crippen LogP contribution in [0.25, 0.3) is 22.0 Å². The molecule has 0 radical (unpaired) electrons. The minimum absolute atomic E-state index is 0.0553. The zero-order valence-corrected chi connectivity index (χ0v) is 22.6. The molecule has 2 aromatic heterocycles. The second-order valence-electron chi connectivity index (χ2n) is 10.5. The molecule has 2 N–H and O–H groups in total. The van der Waals surface area contributed by atoms with Gasteiger partial charge in [-0.05, 0) is 32.0 Å². The average Bonchev–Trinajstić information content (AvgIpc) is 3.05. The van der Waals surface area contributed by atoms with Gasteiger partial charge in [-0.3, -0.25) is 14.5 Å². The third-order valence-electron chi connectivity index (χ3n) is 8.18. The lowest BCUT2D eigenvalue weighted by atomic mass is 9.64. The summed E-state index contributed by atoms with van der Waals surface area (Å²) in [6.07, 6.45) is 5.68. The standard InChI is InChI=1S/C26H30FN7O3S/c1-28-16-13-34(14-16)24-21(31-38(36,37)32(2)3)8-15(11-30-24)17-9-18-20(10-19(17)27)29-12-22-23(18)26(6-5-7-26)25(35)33(22)4/h8-12,16,28,31H,5-7,13-14H2,1-4H3. The number of halogens is 1. The van der Waals surface area contributed by atoms with E-state index in [1.807, 2.05) is 11.9 Å². The normalized spacial score (nSPS) is 18.7. The molecule has 10 nitrogen and oxygen atoms in total. The molecule has 4 heterocycles.